The van der Waals surface area contributed by atoms with E-state index in [0.717, 1.165) is 23.1 Å². The number of carbonyl (C=O) groups excluding carboxylic acids is 1. The van der Waals surface area contributed by atoms with Crippen LogP contribution in [0, 0.1) is 0 Å². The molecule has 25 heavy (non-hydrogen) atoms. The van der Waals surface area contributed by atoms with Gasteiger partial charge in [0.05, 0.1) is 6.54 Å². The van der Waals surface area contributed by atoms with Gasteiger partial charge in [0.1, 0.15) is 5.76 Å². The van der Waals surface area contributed by atoms with Crippen molar-refractivity contribution in [3.63, 3.8) is 0 Å². The molecule has 124 valence electrons. The van der Waals surface area contributed by atoms with Crippen LogP contribution in [0.15, 0.2) is 69.6 Å². The van der Waals surface area contributed by atoms with Crippen molar-refractivity contribution in [1.29, 1.82) is 0 Å². The van der Waals surface area contributed by atoms with Crippen LogP contribution in [0.3, 0.4) is 0 Å². The Labute approximate surface area is 154 Å². The van der Waals surface area contributed by atoms with Gasteiger partial charge in [-0.05, 0) is 47.5 Å². The van der Waals surface area contributed by atoms with Crippen molar-refractivity contribution in [1.82, 2.24) is 0 Å². The molecule has 0 aliphatic carbocycles. The number of aldehydes is 1. The second-order valence-electron chi connectivity index (χ2n) is 6.02. The van der Waals surface area contributed by atoms with Crippen molar-refractivity contribution in [3.05, 3.63) is 87.8 Å². The van der Waals surface area contributed by atoms with E-state index in [2.05, 4.69) is 57.2 Å². The minimum absolute atomic E-state index is 0.368. The van der Waals surface area contributed by atoms with Crippen LogP contribution in [-0.4, -0.2) is 12.8 Å². The lowest BCUT2D eigenvalue weighted by molar-refractivity contribution is 0.109. The maximum Gasteiger partial charge on any atom is 0.185 e. The number of nitrogens with zero attached hydrogens (tertiary/aromatic N) is 1. The van der Waals surface area contributed by atoms with E-state index in [1.165, 1.54) is 22.4 Å². The molecule has 0 N–H and O–H groups in total. The van der Waals surface area contributed by atoms with E-state index in [1.807, 2.05) is 24.3 Å². The third-order valence-electron chi connectivity index (χ3n) is 4.29. The summed E-state index contributed by atoms with van der Waals surface area (Å²) in [5.41, 5.74) is 4.87. The molecule has 4 rings (SSSR count). The van der Waals surface area contributed by atoms with Gasteiger partial charge >= 0.3 is 0 Å². The Morgan fingerprint density at radius 2 is 1.96 bits per heavy atom. The standard InChI is InChI=1S/C21H16BrNO2/c22-17-5-3-4-15(11-17)10-16-12-23(21-7-2-1-6-20(16)21)13-18-8-9-19(14-24)25-18/h1-11,14H,12-13H2/b16-10-. The summed E-state index contributed by atoms with van der Waals surface area (Å²) in [6.45, 7) is 1.45. The number of benzene rings is 2. The highest BCUT2D eigenvalue weighted by atomic mass is 79.9. The summed E-state index contributed by atoms with van der Waals surface area (Å²) in [7, 11) is 0. The van der Waals surface area contributed by atoms with Gasteiger partial charge in [-0.15, -0.1) is 0 Å². The Balaban J connectivity index is 1.66. The maximum atomic E-state index is 10.8. The smallest absolute Gasteiger partial charge is 0.185 e. The molecule has 0 bridgehead atoms. The fourth-order valence-electron chi connectivity index (χ4n) is 3.19. The lowest BCUT2D eigenvalue weighted by atomic mass is 10.0. The van der Waals surface area contributed by atoms with E-state index >= 15 is 0 Å². The van der Waals surface area contributed by atoms with Crippen molar-refractivity contribution in [2.45, 2.75) is 6.54 Å². The Hall–Kier alpha value is -2.59. The second kappa shape index (κ2) is 6.73. The van der Waals surface area contributed by atoms with E-state index in [-0.39, 0.29) is 0 Å². The Morgan fingerprint density at radius 1 is 1.08 bits per heavy atom. The zero-order valence-electron chi connectivity index (χ0n) is 13.5. The molecule has 3 nitrogen and oxygen atoms in total. The van der Waals surface area contributed by atoms with E-state index in [0.29, 0.717) is 12.3 Å². The number of para-hydroxylation sites is 1. The van der Waals surface area contributed by atoms with Gasteiger partial charge in [-0.3, -0.25) is 4.79 Å². The number of carbonyl (C=O) groups is 1. The largest absolute Gasteiger partial charge is 0.456 e. The zero-order chi connectivity index (χ0) is 17.2. The van der Waals surface area contributed by atoms with Gasteiger partial charge in [0, 0.05) is 22.3 Å². The average molecular weight is 394 g/mol. The van der Waals surface area contributed by atoms with Crippen LogP contribution < -0.4 is 4.90 Å². The highest BCUT2D eigenvalue weighted by Crippen LogP contribution is 2.37. The first-order valence-electron chi connectivity index (χ1n) is 8.07. The van der Waals surface area contributed by atoms with Gasteiger partial charge < -0.3 is 9.32 Å². The molecule has 4 heteroatoms. The van der Waals surface area contributed by atoms with Crippen molar-refractivity contribution < 1.29 is 9.21 Å². The van der Waals surface area contributed by atoms with Crippen molar-refractivity contribution in [2.24, 2.45) is 0 Å². The first-order chi connectivity index (χ1) is 12.2. The summed E-state index contributed by atoms with van der Waals surface area (Å²) in [4.78, 5) is 13.1. The molecule has 0 saturated heterocycles. The minimum atomic E-state index is 0.368. The fraction of sp³-hybridized carbons (Fsp3) is 0.0952. The lowest BCUT2D eigenvalue weighted by Gasteiger charge is -2.17. The van der Waals surface area contributed by atoms with E-state index in [9.17, 15) is 4.79 Å². The van der Waals surface area contributed by atoms with Gasteiger partial charge in [-0.25, -0.2) is 0 Å². The molecule has 0 radical (unpaired) electrons. The molecule has 2 aromatic carbocycles. The Bertz CT molecular complexity index is 958. The molecule has 1 aromatic heterocycles. The molecule has 3 aromatic rings. The quantitative estimate of drug-likeness (QED) is 0.555. The van der Waals surface area contributed by atoms with E-state index in [4.69, 9.17) is 4.42 Å². The monoisotopic (exact) mass is 393 g/mol. The maximum absolute atomic E-state index is 10.8. The molecule has 0 fully saturated rings. The molecule has 0 atom stereocenters. The summed E-state index contributed by atoms with van der Waals surface area (Å²) in [6.07, 6.45) is 2.96. The normalized spacial score (nSPS) is 14.8. The van der Waals surface area contributed by atoms with Crippen molar-refractivity contribution in [3.8, 4) is 0 Å². The Morgan fingerprint density at radius 3 is 2.76 bits per heavy atom. The summed E-state index contributed by atoms with van der Waals surface area (Å²) in [5.74, 6) is 1.16. The summed E-state index contributed by atoms with van der Waals surface area (Å²) >= 11 is 3.53. The molecule has 0 saturated carbocycles. The van der Waals surface area contributed by atoms with Gasteiger partial charge in [0.25, 0.3) is 0 Å². The fourth-order valence-corrected chi connectivity index (χ4v) is 3.61. The van der Waals surface area contributed by atoms with Gasteiger partial charge in [-0.1, -0.05) is 46.3 Å². The first-order valence-corrected chi connectivity index (χ1v) is 8.86. The molecule has 0 spiro atoms. The number of fused-ring (bicyclic) bond motifs is 1. The average Bonchev–Trinajstić information content (AvgIpc) is 3.21. The number of rotatable bonds is 4. The highest BCUT2D eigenvalue weighted by Gasteiger charge is 2.24. The topological polar surface area (TPSA) is 33.5 Å². The van der Waals surface area contributed by atoms with Gasteiger partial charge in [0.15, 0.2) is 12.0 Å². The predicted molar refractivity (Wildman–Crippen MR) is 104 cm³/mol. The van der Waals surface area contributed by atoms with Crippen LogP contribution in [-0.2, 0) is 6.54 Å². The number of anilines is 1. The summed E-state index contributed by atoms with van der Waals surface area (Å²) in [5, 5.41) is 0. The molecular weight excluding hydrogens is 378 g/mol. The molecule has 1 aliphatic heterocycles. The van der Waals surface area contributed by atoms with E-state index in [1.54, 1.807) is 6.07 Å². The highest BCUT2D eigenvalue weighted by molar-refractivity contribution is 9.10. The van der Waals surface area contributed by atoms with Crippen molar-refractivity contribution >= 4 is 39.6 Å². The first kappa shape index (κ1) is 15.9. The zero-order valence-corrected chi connectivity index (χ0v) is 15.1. The second-order valence-corrected chi connectivity index (χ2v) is 6.94. The summed E-state index contributed by atoms with van der Waals surface area (Å²) in [6, 6.07) is 20.2. The SMILES string of the molecule is O=Cc1ccc(CN2C/C(=C/c3cccc(Br)c3)c3ccccc32)o1. The molecule has 0 amide bonds. The number of hydrogen-bond acceptors (Lipinski definition) is 3. The van der Waals surface area contributed by atoms with Crippen LogP contribution in [0.5, 0.6) is 0 Å². The molecule has 2 heterocycles. The third kappa shape index (κ3) is 3.30. The molecule has 1 aliphatic rings. The van der Waals surface area contributed by atoms with Gasteiger partial charge in [-0.2, -0.15) is 0 Å². The molecule has 0 unspecified atom stereocenters. The van der Waals surface area contributed by atoms with Crippen LogP contribution >= 0.6 is 15.9 Å². The Kier molecular flexibility index (Phi) is 4.28. The summed E-state index contributed by atoms with van der Waals surface area (Å²) < 4.78 is 6.61. The van der Waals surface area contributed by atoms with Crippen LogP contribution in [0.4, 0.5) is 5.69 Å². The predicted octanol–water partition coefficient (Wildman–Crippen LogP) is 5.42. The number of hydrogen-bond donors (Lipinski definition) is 0. The molecular formula is C21H16BrNO2. The lowest BCUT2D eigenvalue weighted by Crippen LogP contribution is -2.18. The van der Waals surface area contributed by atoms with E-state index < -0.39 is 0 Å². The number of halogens is 1. The van der Waals surface area contributed by atoms with Crippen LogP contribution in [0.25, 0.3) is 11.6 Å². The van der Waals surface area contributed by atoms with Crippen LogP contribution in [0.1, 0.15) is 27.4 Å². The van der Waals surface area contributed by atoms with Crippen molar-refractivity contribution in [2.75, 3.05) is 11.4 Å². The van der Waals surface area contributed by atoms with Gasteiger partial charge in [0.2, 0.25) is 0 Å². The van der Waals surface area contributed by atoms with Crippen LogP contribution in [0.2, 0.25) is 0 Å². The third-order valence-corrected chi connectivity index (χ3v) is 4.78. The number of furan rings is 1. The minimum Gasteiger partial charge on any atom is -0.456 e.